The van der Waals surface area contributed by atoms with Crippen molar-refractivity contribution in [2.24, 2.45) is 0 Å². The Bertz CT molecular complexity index is 314. The SMILES string of the molecule is C#CC(=O)c1ccc(CC)cc1. The van der Waals surface area contributed by atoms with Gasteiger partial charge in [-0.05, 0) is 17.9 Å². The van der Waals surface area contributed by atoms with Gasteiger partial charge in [-0.15, -0.1) is 6.42 Å². The molecule has 0 radical (unpaired) electrons. The van der Waals surface area contributed by atoms with Gasteiger partial charge in [0.15, 0.2) is 0 Å². The lowest BCUT2D eigenvalue weighted by Gasteiger charge is -1.96. The summed E-state index contributed by atoms with van der Waals surface area (Å²) in [6.07, 6.45) is 5.95. The van der Waals surface area contributed by atoms with E-state index in [4.69, 9.17) is 6.42 Å². The van der Waals surface area contributed by atoms with E-state index in [9.17, 15) is 4.79 Å². The lowest BCUT2D eigenvalue weighted by Crippen LogP contribution is -1.93. The highest BCUT2D eigenvalue weighted by atomic mass is 16.1. The number of hydrogen-bond acceptors (Lipinski definition) is 1. The van der Waals surface area contributed by atoms with Crippen molar-refractivity contribution in [1.29, 1.82) is 0 Å². The molecule has 0 N–H and O–H groups in total. The van der Waals surface area contributed by atoms with E-state index in [-0.39, 0.29) is 5.78 Å². The summed E-state index contributed by atoms with van der Waals surface area (Å²) in [7, 11) is 0. The Kier molecular flexibility index (Phi) is 2.66. The number of Topliss-reactive ketones (excluding diaryl/α,β-unsaturated/α-hetero) is 1. The van der Waals surface area contributed by atoms with Gasteiger partial charge in [-0.1, -0.05) is 31.2 Å². The molecule has 1 rings (SSSR count). The monoisotopic (exact) mass is 158 g/mol. The maximum absolute atomic E-state index is 11.0. The van der Waals surface area contributed by atoms with Gasteiger partial charge < -0.3 is 0 Å². The molecule has 0 aliphatic rings. The van der Waals surface area contributed by atoms with E-state index in [0.717, 1.165) is 6.42 Å². The molecular weight excluding hydrogens is 148 g/mol. The number of benzene rings is 1. The van der Waals surface area contributed by atoms with Crippen LogP contribution in [0.4, 0.5) is 0 Å². The van der Waals surface area contributed by atoms with Gasteiger partial charge in [-0.2, -0.15) is 0 Å². The Morgan fingerprint density at radius 3 is 2.42 bits per heavy atom. The molecule has 0 fully saturated rings. The minimum atomic E-state index is -0.252. The van der Waals surface area contributed by atoms with Crippen molar-refractivity contribution in [1.82, 2.24) is 0 Å². The van der Waals surface area contributed by atoms with Crippen molar-refractivity contribution in [3.8, 4) is 12.3 Å². The summed E-state index contributed by atoms with van der Waals surface area (Å²) in [5, 5.41) is 0. The molecule has 0 saturated heterocycles. The number of aryl methyl sites for hydroxylation is 1. The first-order chi connectivity index (χ1) is 5.77. The molecule has 0 unspecified atom stereocenters. The third-order valence-electron chi connectivity index (χ3n) is 1.76. The quantitative estimate of drug-likeness (QED) is 0.366. The summed E-state index contributed by atoms with van der Waals surface area (Å²) in [6.45, 7) is 2.07. The van der Waals surface area contributed by atoms with E-state index in [2.05, 4.69) is 12.8 Å². The molecule has 1 aromatic rings. The minimum absolute atomic E-state index is 0.252. The normalized spacial score (nSPS) is 9.00. The van der Waals surface area contributed by atoms with Crippen molar-refractivity contribution in [2.75, 3.05) is 0 Å². The predicted molar refractivity (Wildman–Crippen MR) is 49.0 cm³/mol. The Labute approximate surface area is 72.4 Å². The highest BCUT2D eigenvalue weighted by Crippen LogP contribution is 2.04. The molecule has 0 atom stereocenters. The molecule has 0 aromatic heterocycles. The van der Waals surface area contributed by atoms with Gasteiger partial charge in [-0.3, -0.25) is 4.79 Å². The second-order valence-electron chi connectivity index (χ2n) is 2.52. The second kappa shape index (κ2) is 3.73. The Morgan fingerprint density at radius 1 is 1.42 bits per heavy atom. The number of rotatable bonds is 2. The number of hydrogen-bond donors (Lipinski definition) is 0. The molecule has 60 valence electrons. The number of carbonyl (C=O) groups is 1. The summed E-state index contributed by atoms with van der Waals surface area (Å²) < 4.78 is 0. The summed E-state index contributed by atoms with van der Waals surface area (Å²) in [6, 6.07) is 7.37. The topological polar surface area (TPSA) is 17.1 Å². The first-order valence-electron chi connectivity index (χ1n) is 3.87. The van der Waals surface area contributed by atoms with Crippen LogP contribution in [-0.4, -0.2) is 5.78 Å². The van der Waals surface area contributed by atoms with Crippen molar-refractivity contribution in [3.05, 3.63) is 35.4 Å². The van der Waals surface area contributed by atoms with Gasteiger partial charge in [0.05, 0.1) is 0 Å². The van der Waals surface area contributed by atoms with Crippen LogP contribution >= 0.6 is 0 Å². The van der Waals surface area contributed by atoms with E-state index >= 15 is 0 Å². The number of carbonyl (C=O) groups excluding carboxylic acids is 1. The van der Waals surface area contributed by atoms with Crippen LogP contribution in [0.25, 0.3) is 0 Å². The fourth-order valence-electron chi connectivity index (χ4n) is 0.975. The van der Waals surface area contributed by atoms with Gasteiger partial charge in [0.25, 0.3) is 0 Å². The molecule has 1 aromatic carbocycles. The largest absolute Gasteiger partial charge is 0.279 e. The standard InChI is InChI=1S/C11H10O/c1-3-9-5-7-10(8-6-9)11(12)4-2/h2,5-8H,3H2,1H3. The van der Waals surface area contributed by atoms with Crippen LogP contribution in [0.1, 0.15) is 22.8 Å². The molecular formula is C11H10O. The molecule has 0 spiro atoms. The van der Waals surface area contributed by atoms with E-state index in [1.165, 1.54) is 5.56 Å². The highest BCUT2D eigenvalue weighted by Gasteiger charge is 1.99. The van der Waals surface area contributed by atoms with E-state index < -0.39 is 0 Å². The summed E-state index contributed by atoms with van der Waals surface area (Å²) >= 11 is 0. The molecule has 0 heterocycles. The van der Waals surface area contributed by atoms with Crippen LogP contribution in [0.15, 0.2) is 24.3 Å². The summed E-state index contributed by atoms with van der Waals surface area (Å²) in [5.41, 5.74) is 1.80. The average Bonchev–Trinajstić information content (AvgIpc) is 2.17. The van der Waals surface area contributed by atoms with Gasteiger partial charge in [0.2, 0.25) is 5.78 Å². The van der Waals surface area contributed by atoms with E-state index in [1.54, 1.807) is 12.1 Å². The predicted octanol–water partition coefficient (Wildman–Crippen LogP) is 2.06. The van der Waals surface area contributed by atoms with Crippen molar-refractivity contribution >= 4 is 5.78 Å². The van der Waals surface area contributed by atoms with E-state index in [0.29, 0.717) is 5.56 Å². The maximum atomic E-state index is 11.0. The minimum Gasteiger partial charge on any atom is -0.279 e. The maximum Gasteiger partial charge on any atom is 0.235 e. The lowest BCUT2D eigenvalue weighted by molar-refractivity contribution is 0.105. The average molecular weight is 158 g/mol. The Hall–Kier alpha value is -1.55. The molecule has 0 aliphatic heterocycles. The molecule has 0 amide bonds. The third kappa shape index (κ3) is 1.73. The number of terminal acetylenes is 1. The van der Waals surface area contributed by atoms with Gasteiger partial charge in [0.1, 0.15) is 0 Å². The molecule has 12 heavy (non-hydrogen) atoms. The smallest absolute Gasteiger partial charge is 0.235 e. The van der Waals surface area contributed by atoms with E-state index in [1.807, 2.05) is 12.1 Å². The van der Waals surface area contributed by atoms with Crippen LogP contribution < -0.4 is 0 Å². The van der Waals surface area contributed by atoms with Gasteiger partial charge in [-0.25, -0.2) is 0 Å². The molecule has 0 bridgehead atoms. The molecule has 0 aliphatic carbocycles. The van der Waals surface area contributed by atoms with Crippen LogP contribution in [-0.2, 0) is 6.42 Å². The van der Waals surface area contributed by atoms with Crippen molar-refractivity contribution in [3.63, 3.8) is 0 Å². The van der Waals surface area contributed by atoms with Gasteiger partial charge >= 0.3 is 0 Å². The van der Waals surface area contributed by atoms with Crippen LogP contribution in [0, 0.1) is 12.3 Å². The van der Waals surface area contributed by atoms with Crippen molar-refractivity contribution < 1.29 is 4.79 Å². The zero-order chi connectivity index (χ0) is 8.97. The van der Waals surface area contributed by atoms with Crippen LogP contribution in [0.5, 0.6) is 0 Å². The summed E-state index contributed by atoms with van der Waals surface area (Å²) in [5.74, 6) is 1.83. The lowest BCUT2D eigenvalue weighted by atomic mass is 10.1. The number of ketones is 1. The van der Waals surface area contributed by atoms with Crippen molar-refractivity contribution in [2.45, 2.75) is 13.3 Å². The Balaban J connectivity index is 2.94. The Morgan fingerprint density at radius 2 is 2.00 bits per heavy atom. The highest BCUT2D eigenvalue weighted by molar-refractivity contribution is 6.08. The fraction of sp³-hybridized carbons (Fsp3) is 0.182. The first-order valence-corrected chi connectivity index (χ1v) is 3.87. The third-order valence-corrected chi connectivity index (χ3v) is 1.76. The fourth-order valence-corrected chi connectivity index (χ4v) is 0.975. The zero-order valence-corrected chi connectivity index (χ0v) is 7.00. The van der Waals surface area contributed by atoms with Crippen LogP contribution in [0.2, 0.25) is 0 Å². The second-order valence-corrected chi connectivity index (χ2v) is 2.52. The zero-order valence-electron chi connectivity index (χ0n) is 7.00. The molecule has 1 nitrogen and oxygen atoms in total. The van der Waals surface area contributed by atoms with Gasteiger partial charge in [0, 0.05) is 5.56 Å². The molecule has 1 heteroatoms. The van der Waals surface area contributed by atoms with Crippen LogP contribution in [0.3, 0.4) is 0 Å². The summed E-state index contributed by atoms with van der Waals surface area (Å²) in [4.78, 5) is 11.0. The first kappa shape index (κ1) is 8.55. The molecule has 0 saturated carbocycles.